The van der Waals surface area contributed by atoms with Crippen molar-refractivity contribution in [3.8, 4) is 0 Å². The van der Waals surface area contributed by atoms with Gasteiger partial charge in [0.15, 0.2) is 0 Å². The largest absolute Gasteiger partial charge is 0.299 e. The van der Waals surface area contributed by atoms with E-state index in [1.807, 2.05) is 0 Å². The van der Waals surface area contributed by atoms with Gasteiger partial charge in [0.25, 0.3) is 0 Å². The van der Waals surface area contributed by atoms with E-state index < -0.39 is 0 Å². The van der Waals surface area contributed by atoms with Gasteiger partial charge >= 0.3 is 0 Å². The van der Waals surface area contributed by atoms with Gasteiger partial charge in [-0.05, 0) is 12.8 Å². The van der Waals surface area contributed by atoms with Crippen LogP contribution in [0.25, 0.3) is 0 Å². The lowest BCUT2D eigenvalue weighted by molar-refractivity contribution is -0.148. The van der Waals surface area contributed by atoms with Crippen LogP contribution in [0.1, 0.15) is 26.2 Å². The summed E-state index contributed by atoms with van der Waals surface area (Å²) in [6, 6.07) is 0. The average molecular weight is 203 g/mol. The summed E-state index contributed by atoms with van der Waals surface area (Å²) in [5, 5.41) is 0. The minimum Gasteiger partial charge on any atom is -0.299 e. The first-order valence-electron chi connectivity index (χ1n) is 3.84. The first-order valence-corrected chi connectivity index (χ1v) is 4.76. The van der Waals surface area contributed by atoms with Gasteiger partial charge < -0.3 is 0 Å². The number of alkyl halides is 1. The lowest BCUT2D eigenvalue weighted by atomic mass is 9.54. The van der Waals surface area contributed by atoms with Crippen molar-refractivity contribution in [2.75, 3.05) is 0 Å². The van der Waals surface area contributed by atoms with Gasteiger partial charge in [0.1, 0.15) is 5.78 Å². The van der Waals surface area contributed by atoms with E-state index >= 15 is 0 Å². The number of hydrogen-bond donors (Lipinski definition) is 0. The van der Waals surface area contributed by atoms with Crippen LogP contribution in [0.5, 0.6) is 0 Å². The van der Waals surface area contributed by atoms with E-state index in [0.717, 1.165) is 12.8 Å². The Morgan fingerprint density at radius 3 is 2.70 bits per heavy atom. The van der Waals surface area contributed by atoms with Gasteiger partial charge in [-0.2, -0.15) is 0 Å². The third-order valence-corrected chi connectivity index (χ3v) is 4.72. The highest BCUT2D eigenvalue weighted by Gasteiger charge is 2.59. The monoisotopic (exact) mass is 202 g/mol. The molecule has 3 aliphatic rings. The minimum absolute atomic E-state index is 0.0168. The highest BCUT2D eigenvalue weighted by Crippen LogP contribution is 2.55. The molecule has 0 heterocycles. The van der Waals surface area contributed by atoms with Gasteiger partial charge in [0.2, 0.25) is 0 Å². The molecule has 0 aromatic heterocycles. The molecule has 3 aliphatic carbocycles. The van der Waals surface area contributed by atoms with Crippen LogP contribution in [0.2, 0.25) is 0 Å². The predicted octanol–water partition coefficient (Wildman–Crippen LogP) is 2.14. The van der Waals surface area contributed by atoms with Crippen LogP contribution in [0.15, 0.2) is 0 Å². The zero-order valence-corrected chi connectivity index (χ0v) is 7.65. The summed E-state index contributed by atoms with van der Waals surface area (Å²) in [6.07, 6.45) is 3.46. The van der Waals surface area contributed by atoms with Gasteiger partial charge in [0.05, 0.1) is 0 Å². The fraction of sp³-hybridized carbons (Fsp3) is 0.875. The maximum atomic E-state index is 11.3. The molecule has 10 heavy (non-hydrogen) atoms. The Hall–Kier alpha value is 0.150. The number of Topliss-reactive ketones (excluding diaryl/α,β-unsaturated/α-hetero) is 1. The number of hydrogen-bond acceptors (Lipinski definition) is 1. The molecule has 0 aliphatic heterocycles. The molecule has 1 nitrogen and oxygen atoms in total. The van der Waals surface area contributed by atoms with Crippen molar-refractivity contribution in [3.05, 3.63) is 0 Å². The smallest absolute Gasteiger partial charge is 0.144 e. The van der Waals surface area contributed by atoms with Crippen molar-refractivity contribution in [1.82, 2.24) is 0 Å². The molecule has 3 saturated carbocycles. The van der Waals surface area contributed by atoms with Crippen molar-refractivity contribution < 1.29 is 4.79 Å². The molecule has 0 unspecified atom stereocenters. The van der Waals surface area contributed by atoms with E-state index in [2.05, 4.69) is 22.9 Å². The molecule has 3 rings (SSSR count). The van der Waals surface area contributed by atoms with Crippen LogP contribution in [0, 0.1) is 11.3 Å². The van der Waals surface area contributed by atoms with E-state index in [-0.39, 0.29) is 5.41 Å². The fourth-order valence-electron chi connectivity index (χ4n) is 2.27. The maximum Gasteiger partial charge on any atom is 0.144 e. The van der Waals surface area contributed by atoms with E-state index in [0.29, 0.717) is 16.5 Å². The number of rotatable bonds is 0. The van der Waals surface area contributed by atoms with Crippen LogP contribution in [0.3, 0.4) is 0 Å². The molecule has 3 atom stereocenters. The molecule has 0 amide bonds. The van der Waals surface area contributed by atoms with Gasteiger partial charge in [0, 0.05) is 16.2 Å². The van der Waals surface area contributed by atoms with Crippen molar-refractivity contribution in [2.24, 2.45) is 11.3 Å². The SMILES string of the molecule is C[C@]12CCC[C@H](C1=O)[C@@H]2Br. The molecule has 0 saturated heterocycles. The number of ketones is 1. The standard InChI is InChI=1S/C8H11BrO/c1-8-4-2-3-5(6(8)9)7(8)10/h5-6H,2-4H2,1H3/t5-,6-,8+/m0/s1. The van der Waals surface area contributed by atoms with Crippen LogP contribution in [0.4, 0.5) is 0 Å². The number of carbonyl (C=O) groups is 1. The van der Waals surface area contributed by atoms with Crippen LogP contribution < -0.4 is 0 Å². The molecule has 3 fully saturated rings. The normalized spacial score (nSPS) is 52.4. The van der Waals surface area contributed by atoms with Crippen LogP contribution in [-0.2, 0) is 4.79 Å². The second-order valence-corrected chi connectivity index (χ2v) is 4.67. The van der Waals surface area contributed by atoms with Crippen molar-refractivity contribution in [3.63, 3.8) is 0 Å². The summed E-state index contributed by atoms with van der Waals surface area (Å²) in [7, 11) is 0. The van der Waals surface area contributed by atoms with Crippen molar-refractivity contribution in [2.45, 2.75) is 31.0 Å². The van der Waals surface area contributed by atoms with Crippen molar-refractivity contribution in [1.29, 1.82) is 0 Å². The lowest BCUT2D eigenvalue weighted by Gasteiger charge is -2.53. The molecule has 0 aromatic carbocycles. The second kappa shape index (κ2) is 1.84. The molecular weight excluding hydrogens is 192 g/mol. The van der Waals surface area contributed by atoms with Gasteiger partial charge in [-0.1, -0.05) is 29.3 Å². The summed E-state index contributed by atoms with van der Waals surface area (Å²) in [6.45, 7) is 2.09. The van der Waals surface area contributed by atoms with Gasteiger partial charge in [-0.3, -0.25) is 4.79 Å². The van der Waals surface area contributed by atoms with E-state index in [4.69, 9.17) is 0 Å². The molecule has 0 N–H and O–H groups in total. The number of fused-ring (bicyclic) bond motifs is 2. The first kappa shape index (κ1) is 6.84. The Labute approximate surface area is 69.3 Å². The summed E-state index contributed by atoms with van der Waals surface area (Å²) in [4.78, 5) is 11.8. The molecule has 2 heteroatoms. The summed E-state index contributed by atoms with van der Waals surface area (Å²) in [5.74, 6) is 0.861. The van der Waals surface area contributed by atoms with E-state index in [1.165, 1.54) is 6.42 Å². The molecule has 2 bridgehead atoms. The summed E-state index contributed by atoms with van der Waals surface area (Å²) < 4.78 is 0. The Kier molecular flexibility index (Phi) is 1.26. The zero-order valence-electron chi connectivity index (χ0n) is 6.06. The summed E-state index contributed by atoms with van der Waals surface area (Å²) in [5.41, 5.74) is 0.0168. The van der Waals surface area contributed by atoms with Gasteiger partial charge in [-0.15, -0.1) is 0 Å². The molecule has 56 valence electrons. The Balaban J connectivity index is 2.28. The fourth-order valence-corrected chi connectivity index (χ4v) is 3.23. The molecule has 0 spiro atoms. The Morgan fingerprint density at radius 1 is 1.70 bits per heavy atom. The quantitative estimate of drug-likeness (QED) is 0.551. The Morgan fingerprint density at radius 2 is 2.40 bits per heavy atom. The summed E-state index contributed by atoms with van der Waals surface area (Å²) >= 11 is 3.58. The highest BCUT2D eigenvalue weighted by molar-refractivity contribution is 9.09. The lowest BCUT2D eigenvalue weighted by Crippen LogP contribution is -2.59. The third-order valence-electron chi connectivity index (χ3n) is 3.07. The Bertz CT molecular complexity index is 190. The zero-order chi connectivity index (χ0) is 7.35. The second-order valence-electron chi connectivity index (χ2n) is 3.68. The minimum atomic E-state index is 0.0168. The average Bonchev–Trinajstić information content (AvgIpc) is 1.95. The molecule has 0 radical (unpaired) electrons. The first-order chi connectivity index (χ1) is 4.66. The maximum absolute atomic E-state index is 11.3. The predicted molar refractivity (Wildman–Crippen MR) is 43.2 cm³/mol. The van der Waals surface area contributed by atoms with E-state index in [1.54, 1.807) is 0 Å². The van der Waals surface area contributed by atoms with Gasteiger partial charge in [-0.25, -0.2) is 0 Å². The number of halogens is 1. The third kappa shape index (κ3) is 0.565. The molecule has 0 aromatic rings. The van der Waals surface area contributed by atoms with Crippen LogP contribution in [-0.4, -0.2) is 10.6 Å². The number of carbonyl (C=O) groups excluding carboxylic acids is 1. The van der Waals surface area contributed by atoms with Crippen molar-refractivity contribution >= 4 is 21.7 Å². The topological polar surface area (TPSA) is 17.1 Å². The highest BCUT2D eigenvalue weighted by atomic mass is 79.9. The van der Waals surface area contributed by atoms with Crippen LogP contribution >= 0.6 is 15.9 Å². The molecular formula is C8H11BrO. The van der Waals surface area contributed by atoms with E-state index in [9.17, 15) is 4.79 Å².